The molecule has 1 aliphatic carbocycles. The van der Waals surface area contributed by atoms with Gasteiger partial charge >= 0.3 is 0 Å². The van der Waals surface area contributed by atoms with Gasteiger partial charge in [-0.2, -0.15) is 4.52 Å². The van der Waals surface area contributed by atoms with Crippen LogP contribution in [0.1, 0.15) is 31.0 Å². The Bertz CT molecular complexity index is 961. The quantitative estimate of drug-likeness (QED) is 0.773. The van der Waals surface area contributed by atoms with Crippen LogP contribution in [0.15, 0.2) is 35.1 Å². The fourth-order valence-electron chi connectivity index (χ4n) is 2.94. The molecular formula is C17H17FN4OS. The van der Waals surface area contributed by atoms with Gasteiger partial charge in [-0.25, -0.2) is 9.37 Å². The smallest absolute Gasteiger partial charge is 0.275 e. The van der Waals surface area contributed by atoms with E-state index in [1.165, 1.54) is 28.0 Å². The largest absolute Gasteiger partial charge is 0.359 e. The Labute approximate surface area is 142 Å². The molecule has 0 aliphatic heterocycles. The van der Waals surface area contributed by atoms with E-state index in [0.29, 0.717) is 23.1 Å². The number of fused-ring (bicyclic) bond motifs is 1. The van der Waals surface area contributed by atoms with Crippen molar-refractivity contribution in [3.63, 3.8) is 0 Å². The standard InChI is InChI=1S/C17H17FN4OS/c1-2-11-9-14(23)22-16(20-11)24-15(21-22)19-10-17(7-8-17)12-5-3-4-6-13(12)18/h3-6,9H,2,7-8,10H2,1H3,(H,19,21). The predicted molar refractivity (Wildman–Crippen MR) is 92.3 cm³/mol. The molecule has 1 aliphatic rings. The van der Waals surface area contributed by atoms with E-state index in [0.717, 1.165) is 24.1 Å². The van der Waals surface area contributed by atoms with Crippen molar-refractivity contribution in [3.8, 4) is 0 Å². The Morgan fingerprint density at radius 2 is 2.17 bits per heavy atom. The topological polar surface area (TPSA) is 59.3 Å². The van der Waals surface area contributed by atoms with Crippen molar-refractivity contribution in [2.24, 2.45) is 0 Å². The highest BCUT2D eigenvalue weighted by Gasteiger charge is 2.45. The highest BCUT2D eigenvalue weighted by molar-refractivity contribution is 7.20. The average Bonchev–Trinajstić information content (AvgIpc) is 3.25. The zero-order valence-electron chi connectivity index (χ0n) is 13.3. The van der Waals surface area contributed by atoms with Gasteiger partial charge in [0.25, 0.3) is 5.56 Å². The summed E-state index contributed by atoms with van der Waals surface area (Å²) < 4.78 is 15.4. The summed E-state index contributed by atoms with van der Waals surface area (Å²) in [5, 5.41) is 8.19. The van der Waals surface area contributed by atoms with E-state index < -0.39 is 0 Å². The third-order valence-corrected chi connectivity index (χ3v) is 5.40. The molecule has 0 amide bonds. The molecule has 1 fully saturated rings. The molecule has 0 unspecified atom stereocenters. The maximum absolute atomic E-state index is 14.1. The van der Waals surface area contributed by atoms with Crippen molar-refractivity contribution in [1.82, 2.24) is 14.6 Å². The number of aryl methyl sites for hydroxylation is 1. The molecule has 0 spiro atoms. The number of rotatable bonds is 5. The number of benzene rings is 1. The van der Waals surface area contributed by atoms with Crippen LogP contribution in [0.3, 0.4) is 0 Å². The van der Waals surface area contributed by atoms with E-state index >= 15 is 0 Å². The third kappa shape index (κ3) is 2.58. The number of hydrogen-bond donors (Lipinski definition) is 1. The first-order valence-electron chi connectivity index (χ1n) is 8.00. The predicted octanol–water partition coefficient (Wildman–Crippen LogP) is 3.00. The van der Waals surface area contributed by atoms with Gasteiger partial charge in [0.05, 0.1) is 0 Å². The van der Waals surface area contributed by atoms with Crippen LogP contribution in [-0.4, -0.2) is 21.1 Å². The molecule has 0 atom stereocenters. The molecular weight excluding hydrogens is 327 g/mol. The summed E-state index contributed by atoms with van der Waals surface area (Å²) in [4.78, 5) is 17.0. The van der Waals surface area contributed by atoms with Gasteiger partial charge in [-0.3, -0.25) is 4.79 Å². The van der Waals surface area contributed by atoms with Crippen LogP contribution in [-0.2, 0) is 11.8 Å². The summed E-state index contributed by atoms with van der Waals surface area (Å²) >= 11 is 1.34. The highest BCUT2D eigenvalue weighted by atomic mass is 32.1. The minimum absolute atomic E-state index is 0.161. The van der Waals surface area contributed by atoms with Gasteiger partial charge in [-0.1, -0.05) is 36.5 Å². The number of halogens is 1. The lowest BCUT2D eigenvalue weighted by molar-refractivity contribution is 0.578. The van der Waals surface area contributed by atoms with Crippen LogP contribution >= 0.6 is 11.3 Å². The van der Waals surface area contributed by atoms with Gasteiger partial charge in [0.1, 0.15) is 5.82 Å². The van der Waals surface area contributed by atoms with Gasteiger partial charge in [0.15, 0.2) is 0 Å². The van der Waals surface area contributed by atoms with E-state index in [4.69, 9.17) is 0 Å². The lowest BCUT2D eigenvalue weighted by atomic mass is 9.95. The summed E-state index contributed by atoms with van der Waals surface area (Å²) in [6.07, 6.45) is 2.61. The first kappa shape index (κ1) is 15.3. The zero-order valence-corrected chi connectivity index (χ0v) is 14.1. The molecule has 3 aromatic rings. The second kappa shape index (κ2) is 5.66. The Kier molecular flexibility index (Phi) is 3.60. The van der Waals surface area contributed by atoms with Gasteiger partial charge < -0.3 is 5.32 Å². The Morgan fingerprint density at radius 3 is 2.88 bits per heavy atom. The first-order chi connectivity index (χ1) is 11.6. The normalized spacial score (nSPS) is 15.6. The number of anilines is 1. The molecule has 1 aromatic carbocycles. The number of nitrogens with zero attached hydrogens (tertiary/aromatic N) is 3. The van der Waals surface area contributed by atoms with Crippen molar-refractivity contribution >= 4 is 21.4 Å². The highest BCUT2D eigenvalue weighted by Crippen LogP contribution is 2.49. The minimum atomic E-state index is -0.170. The molecule has 2 heterocycles. The number of hydrogen-bond acceptors (Lipinski definition) is 5. The van der Waals surface area contributed by atoms with Gasteiger partial charge in [-0.15, -0.1) is 5.10 Å². The van der Waals surface area contributed by atoms with Crippen LogP contribution in [0, 0.1) is 5.82 Å². The van der Waals surface area contributed by atoms with Crippen LogP contribution in [0.4, 0.5) is 9.52 Å². The molecule has 4 rings (SSSR count). The minimum Gasteiger partial charge on any atom is -0.359 e. The monoisotopic (exact) mass is 344 g/mol. The molecule has 0 bridgehead atoms. The van der Waals surface area contributed by atoms with Crippen molar-refractivity contribution in [2.75, 3.05) is 11.9 Å². The van der Waals surface area contributed by atoms with E-state index in [1.807, 2.05) is 19.1 Å². The molecule has 0 saturated heterocycles. The van der Waals surface area contributed by atoms with Crippen molar-refractivity contribution in [3.05, 3.63) is 57.8 Å². The second-order valence-corrected chi connectivity index (χ2v) is 7.11. The Hall–Kier alpha value is -2.28. The number of nitrogens with one attached hydrogen (secondary N) is 1. The van der Waals surface area contributed by atoms with Gasteiger partial charge in [-0.05, 0) is 30.9 Å². The average molecular weight is 344 g/mol. The molecule has 1 saturated carbocycles. The summed E-state index contributed by atoms with van der Waals surface area (Å²) in [6, 6.07) is 8.44. The second-order valence-electron chi connectivity index (χ2n) is 6.15. The fraction of sp³-hybridized carbons (Fsp3) is 0.353. The number of aromatic nitrogens is 3. The molecule has 5 nitrogen and oxygen atoms in total. The molecule has 0 radical (unpaired) electrons. The molecule has 7 heteroatoms. The van der Waals surface area contributed by atoms with E-state index in [1.54, 1.807) is 6.07 Å². The summed E-state index contributed by atoms with van der Waals surface area (Å²) in [7, 11) is 0. The van der Waals surface area contributed by atoms with Gasteiger partial charge in [0.2, 0.25) is 10.1 Å². The van der Waals surface area contributed by atoms with Crippen molar-refractivity contribution in [1.29, 1.82) is 0 Å². The maximum atomic E-state index is 14.1. The van der Waals surface area contributed by atoms with Crippen LogP contribution < -0.4 is 10.9 Å². The summed E-state index contributed by atoms with van der Waals surface area (Å²) in [5.41, 5.74) is 1.18. The van der Waals surface area contributed by atoms with Crippen LogP contribution in [0.5, 0.6) is 0 Å². The van der Waals surface area contributed by atoms with Crippen LogP contribution in [0.2, 0.25) is 0 Å². The fourth-order valence-corrected chi connectivity index (χ4v) is 3.76. The Morgan fingerprint density at radius 1 is 1.38 bits per heavy atom. The SMILES string of the molecule is CCc1cc(=O)n2nc(NCC3(c4ccccc4F)CC3)sc2n1. The molecule has 24 heavy (non-hydrogen) atoms. The lowest BCUT2D eigenvalue weighted by Crippen LogP contribution is -2.21. The van der Waals surface area contributed by atoms with E-state index in [2.05, 4.69) is 15.4 Å². The summed E-state index contributed by atoms with van der Waals surface area (Å²) in [5.74, 6) is -0.161. The maximum Gasteiger partial charge on any atom is 0.275 e. The van der Waals surface area contributed by atoms with Crippen molar-refractivity contribution in [2.45, 2.75) is 31.6 Å². The molecule has 1 N–H and O–H groups in total. The molecule has 2 aromatic heterocycles. The van der Waals surface area contributed by atoms with Crippen LogP contribution in [0.25, 0.3) is 4.96 Å². The van der Waals surface area contributed by atoms with Gasteiger partial charge in [0, 0.05) is 23.7 Å². The van der Waals surface area contributed by atoms with E-state index in [9.17, 15) is 9.18 Å². The zero-order chi connectivity index (χ0) is 16.7. The van der Waals surface area contributed by atoms with Crippen molar-refractivity contribution < 1.29 is 4.39 Å². The third-order valence-electron chi connectivity index (χ3n) is 4.54. The summed E-state index contributed by atoms with van der Waals surface area (Å²) in [6.45, 7) is 2.56. The van der Waals surface area contributed by atoms with E-state index in [-0.39, 0.29) is 16.8 Å². The lowest BCUT2D eigenvalue weighted by Gasteiger charge is -2.16. The first-order valence-corrected chi connectivity index (χ1v) is 8.82. The Balaban J connectivity index is 1.58. The molecule has 124 valence electrons.